The topological polar surface area (TPSA) is 73.4 Å². The predicted molar refractivity (Wildman–Crippen MR) is 75.2 cm³/mol. The zero-order chi connectivity index (χ0) is 17.0. The van der Waals surface area contributed by atoms with Gasteiger partial charge >= 0.3 is 6.18 Å². The summed E-state index contributed by atoms with van der Waals surface area (Å²) in [5.74, 6) is -1.74. The van der Waals surface area contributed by atoms with E-state index in [0.717, 1.165) is 0 Å². The van der Waals surface area contributed by atoms with Crippen LogP contribution >= 0.6 is 12.2 Å². The van der Waals surface area contributed by atoms with Crippen LogP contribution in [0.1, 0.15) is 13.3 Å². The second-order valence-electron chi connectivity index (χ2n) is 4.56. The highest BCUT2D eigenvalue weighted by Crippen LogP contribution is 2.32. The number of carbonyl (C=O) groups excluding carboxylic acids is 1. The van der Waals surface area contributed by atoms with Crippen LogP contribution in [-0.2, 0) is 4.79 Å². The van der Waals surface area contributed by atoms with E-state index in [4.69, 9.17) is 17.3 Å². The minimum absolute atomic E-state index is 0.0246. The number of hydrazine groups is 1. The Morgan fingerprint density at radius 1 is 1.27 bits per heavy atom. The molecule has 1 rings (SSSR count). The third-order valence-electron chi connectivity index (χ3n) is 2.55. The summed E-state index contributed by atoms with van der Waals surface area (Å²) < 4.78 is 50.5. The summed E-state index contributed by atoms with van der Waals surface area (Å²) in [5.41, 5.74) is 0.840. The third-order valence-corrected chi connectivity index (χ3v) is 2.76. The second kappa shape index (κ2) is 6.88. The smallest absolute Gasteiger partial charge is 0.380 e. The number of alkyl halides is 3. The number of amides is 1. The maximum atomic E-state index is 13.3. The Bertz CT molecular complexity index is 564. The van der Waals surface area contributed by atoms with Gasteiger partial charge in [0.1, 0.15) is 5.82 Å². The van der Waals surface area contributed by atoms with Gasteiger partial charge in [0.15, 0.2) is 10.7 Å². The van der Waals surface area contributed by atoms with Crippen molar-refractivity contribution in [3.05, 3.63) is 30.1 Å². The number of rotatable bonds is 3. The highest BCUT2D eigenvalue weighted by atomic mass is 32.1. The number of benzene rings is 1. The first kappa shape index (κ1) is 18.1. The lowest BCUT2D eigenvalue weighted by molar-refractivity contribution is -0.253. The van der Waals surface area contributed by atoms with Crippen molar-refractivity contribution in [2.75, 3.05) is 5.32 Å². The van der Waals surface area contributed by atoms with E-state index >= 15 is 0 Å². The Balaban J connectivity index is 2.48. The molecule has 1 aromatic rings. The molecule has 1 atom stereocenters. The van der Waals surface area contributed by atoms with Crippen molar-refractivity contribution in [2.45, 2.75) is 25.1 Å². The highest BCUT2D eigenvalue weighted by molar-refractivity contribution is 7.80. The molecule has 10 heteroatoms. The van der Waals surface area contributed by atoms with Crippen molar-refractivity contribution in [3.8, 4) is 0 Å². The highest BCUT2D eigenvalue weighted by Gasteiger charge is 2.51. The van der Waals surface area contributed by atoms with Crippen molar-refractivity contribution in [1.82, 2.24) is 10.9 Å². The Kier molecular flexibility index (Phi) is 5.66. The SMILES string of the molecule is C[C@](O)(CC(=O)NNC(=S)Nc1ccccc1F)C(F)(F)F. The molecule has 122 valence electrons. The Morgan fingerprint density at radius 3 is 2.41 bits per heavy atom. The van der Waals surface area contributed by atoms with E-state index in [-0.39, 0.29) is 10.8 Å². The molecule has 0 spiro atoms. The van der Waals surface area contributed by atoms with Gasteiger partial charge in [0.2, 0.25) is 5.91 Å². The van der Waals surface area contributed by atoms with Gasteiger partial charge in [0.25, 0.3) is 0 Å². The number of aliphatic hydroxyl groups is 1. The molecule has 0 saturated heterocycles. The number of hydrogen-bond acceptors (Lipinski definition) is 3. The van der Waals surface area contributed by atoms with Gasteiger partial charge in [-0.15, -0.1) is 0 Å². The van der Waals surface area contributed by atoms with Gasteiger partial charge in [-0.1, -0.05) is 12.1 Å². The Morgan fingerprint density at radius 2 is 1.86 bits per heavy atom. The minimum Gasteiger partial charge on any atom is -0.380 e. The van der Waals surface area contributed by atoms with E-state index in [2.05, 4.69) is 10.7 Å². The molecule has 0 radical (unpaired) electrons. The van der Waals surface area contributed by atoms with E-state index < -0.39 is 29.9 Å². The van der Waals surface area contributed by atoms with Crippen LogP contribution in [0.5, 0.6) is 0 Å². The van der Waals surface area contributed by atoms with Crippen LogP contribution in [0.2, 0.25) is 0 Å². The van der Waals surface area contributed by atoms with Crippen LogP contribution in [0, 0.1) is 5.82 Å². The van der Waals surface area contributed by atoms with E-state index in [9.17, 15) is 22.4 Å². The van der Waals surface area contributed by atoms with Gasteiger partial charge in [0, 0.05) is 0 Å². The van der Waals surface area contributed by atoms with Gasteiger partial charge in [-0.05, 0) is 31.3 Å². The fourth-order valence-electron chi connectivity index (χ4n) is 1.30. The lowest BCUT2D eigenvalue weighted by Gasteiger charge is -2.25. The summed E-state index contributed by atoms with van der Waals surface area (Å²) in [7, 11) is 0. The fraction of sp³-hybridized carbons (Fsp3) is 0.333. The molecule has 0 saturated carbocycles. The van der Waals surface area contributed by atoms with E-state index in [0.29, 0.717) is 6.92 Å². The van der Waals surface area contributed by atoms with Crippen molar-refractivity contribution < 1.29 is 27.5 Å². The number of hydrogen-bond donors (Lipinski definition) is 4. The maximum absolute atomic E-state index is 13.3. The fourth-order valence-corrected chi connectivity index (χ4v) is 1.46. The molecule has 0 heterocycles. The molecule has 0 fully saturated rings. The van der Waals surface area contributed by atoms with Gasteiger partial charge in [-0.25, -0.2) is 4.39 Å². The molecular weight excluding hydrogens is 326 g/mol. The first-order valence-corrected chi connectivity index (χ1v) is 6.33. The molecule has 0 unspecified atom stereocenters. The molecule has 5 nitrogen and oxygen atoms in total. The summed E-state index contributed by atoms with van der Waals surface area (Å²) >= 11 is 4.74. The van der Waals surface area contributed by atoms with Gasteiger partial charge in [0.05, 0.1) is 12.1 Å². The van der Waals surface area contributed by atoms with Crippen molar-refractivity contribution in [2.24, 2.45) is 0 Å². The predicted octanol–water partition coefficient (Wildman–Crippen LogP) is 1.85. The number of carbonyl (C=O) groups is 1. The van der Waals surface area contributed by atoms with Crippen molar-refractivity contribution >= 4 is 28.9 Å². The Hall–Kier alpha value is -1.94. The molecule has 0 aliphatic heterocycles. The van der Waals surface area contributed by atoms with Crippen molar-refractivity contribution in [1.29, 1.82) is 0 Å². The molecule has 0 aliphatic rings. The second-order valence-corrected chi connectivity index (χ2v) is 4.96. The zero-order valence-electron chi connectivity index (χ0n) is 11.3. The number of para-hydroxylation sites is 1. The number of thiocarbonyl (C=S) groups is 1. The summed E-state index contributed by atoms with van der Waals surface area (Å²) in [6.45, 7) is 0.475. The van der Waals surface area contributed by atoms with Crippen LogP contribution in [0.3, 0.4) is 0 Å². The first-order valence-electron chi connectivity index (χ1n) is 5.92. The molecule has 0 bridgehead atoms. The lowest BCUT2D eigenvalue weighted by Crippen LogP contribution is -2.50. The number of nitrogens with one attached hydrogen (secondary N) is 3. The van der Waals surface area contributed by atoms with Gasteiger partial charge in [-0.3, -0.25) is 15.6 Å². The molecular formula is C12H13F4N3O2S. The van der Waals surface area contributed by atoms with E-state index in [1.807, 2.05) is 5.43 Å². The monoisotopic (exact) mass is 339 g/mol. The molecule has 0 aliphatic carbocycles. The van der Waals surface area contributed by atoms with Crippen molar-refractivity contribution in [3.63, 3.8) is 0 Å². The summed E-state index contributed by atoms with van der Waals surface area (Å²) in [6.07, 6.45) is -6.16. The maximum Gasteiger partial charge on any atom is 0.417 e. The molecule has 4 N–H and O–H groups in total. The summed E-state index contributed by atoms with van der Waals surface area (Å²) in [4.78, 5) is 11.3. The van der Waals surface area contributed by atoms with Crippen LogP contribution in [-0.4, -0.2) is 27.9 Å². The lowest BCUT2D eigenvalue weighted by atomic mass is 10.0. The van der Waals surface area contributed by atoms with E-state index in [1.165, 1.54) is 24.3 Å². The summed E-state index contributed by atoms with van der Waals surface area (Å²) in [6, 6.07) is 5.54. The average molecular weight is 339 g/mol. The molecule has 1 amide bonds. The number of anilines is 1. The first-order chi connectivity index (χ1) is 10.0. The largest absolute Gasteiger partial charge is 0.417 e. The average Bonchev–Trinajstić information content (AvgIpc) is 2.37. The molecule has 0 aromatic heterocycles. The summed E-state index contributed by atoms with van der Waals surface area (Å²) in [5, 5.41) is 11.3. The molecule has 22 heavy (non-hydrogen) atoms. The Labute approximate surface area is 128 Å². The van der Waals surface area contributed by atoms with E-state index in [1.54, 1.807) is 0 Å². The van der Waals surface area contributed by atoms with Gasteiger partial charge in [-0.2, -0.15) is 13.2 Å². The molecule has 1 aromatic carbocycles. The zero-order valence-corrected chi connectivity index (χ0v) is 12.1. The third kappa shape index (κ3) is 5.11. The van der Waals surface area contributed by atoms with Crippen LogP contribution < -0.4 is 16.2 Å². The standard InChI is InChI=1S/C12H13F4N3O2S/c1-11(21,12(14,15)16)6-9(20)18-19-10(22)17-8-5-3-2-4-7(8)13/h2-5,21H,6H2,1H3,(H,18,20)(H2,17,19,22)/t11-/m0/s1. The van der Waals surface area contributed by atoms with Crippen LogP contribution in [0.15, 0.2) is 24.3 Å². The van der Waals surface area contributed by atoms with Crippen LogP contribution in [0.25, 0.3) is 0 Å². The number of halogens is 4. The van der Waals surface area contributed by atoms with Crippen LogP contribution in [0.4, 0.5) is 23.2 Å². The minimum atomic E-state index is -4.95. The quantitative estimate of drug-likeness (QED) is 0.384. The normalized spacial score (nSPS) is 13.9. The van der Waals surface area contributed by atoms with Gasteiger partial charge < -0.3 is 10.4 Å².